The molecule has 6 heteroatoms. The van der Waals surface area contributed by atoms with Gasteiger partial charge in [0.1, 0.15) is 0 Å². The van der Waals surface area contributed by atoms with Crippen molar-refractivity contribution >= 4 is 12.0 Å². The number of aliphatic hydroxyl groups excluding tert-OH is 1. The van der Waals surface area contributed by atoms with Gasteiger partial charge in [-0.25, -0.2) is 4.79 Å². The van der Waals surface area contributed by atoms with Crippen LogP contribution in [0, 0.1) is 5.92 Å². The topological polar surface area (TPSA) is 92.9 Å². The molecule has 0 unspecified atom stereocenters. The Morgan fingerprint density at radius 1 is 1.35 bits per heavy atom. The molecule has 0 saturated carbocycles. The normalized spacial score (nSPS) is 19.2. The van der Waals surface area contributed by atoms with Crippen LogP contribution >= 0.6 is 0 Å². The van der Waals surface area contributed by atoms with Crippen molar-refractivity contribution in [3.63, 3.8) is 0 Å². The van der Waals surface area contributed by atoms with E-state index in [4.69, 9.17) is 10.5 Å². The van der Waals surface area contributed by atoms with E-state index in [0.717, 1.165) is 0 Å². The number of likely N-dealkylation sites (tertiary alicyclic amines) is 1. The zero-order valence-corrected chi connectivity index (χ0v) is 10.3. The van der Waals surface area contributed by atoms with Gasteiger partial charge in [-0.05, 0) is 18.8 Å². The minimum Gasteiger partial charge on any atom is -0.436 e. The monoisotopic (exact) mass is 244 g/mol. The van der Waals surface area contributed by atoms with Gasteiger partial charge in [0.05, 0.1) is 6.10 Å². The molecule has 0 aromatic carbocycles. The molecule has 1 aliphatic rings. The Kier molecular flexibility index (Phi) is 4.74. The number of piperidine rings is 1. The molecular weight excluding hydrogens is 224 g/mol. The van der Waals surface area contributed by atoms with E-state index in [0.29, 0.717) is 25.9 Å². The van der Waals surface area contributed by atoms with Crippen molar-refractivity contribution in [2.75, 3.05) is 13.1 Å². The van der Waals surface area contributed by atoms with Gasteiger partial charge in [0.2, 0.25) is 0 Å². The number of ether oxygens (including phenoxy) is 1. The summed E-state index contributed by atoms with van der Waals surface area (Å²) in [5, 5.41) is 9.36. The Labute approximate surface area is 101 Å². The van der Waals surface area contributed by atoms with Crippen LogP contribution in [0.15, 0.2) is 0 Å². The van der Waals surface area contributed by atoms with E-state index in [1.165, 1.54) is 0 Å². The average Bonchev–Trinajstić information content (AvgIpc) is 2.25. The molecule has 0 radical (unpaired) electrons. The lowest BCUT2D eigenvalue weighted by atomic mass is 10.0. The molecular formula is C11H20N2O4. The zero-order valence-electron chi connectivity index (χ0n) is 10.3. The summed E-state index contributed by atoms with van der Waals surface area (Å²) >= 11 is 0. The third-order valence-corrected chi connectivity index (χ3v) is 2.87. The predicted molar refractivity (Wildman–Crippen MR) is 61.1 cm³/mol. The third kappa shape index (κ3) is 3.89. The summed E-state index contributed by atoms with van der Waals surface area (Å²) in [6.07, 6.45) is -0.981. The maximum absolute atomic E-state index is 12.1. The van der Waals surface area contributed by atoms with Crippen LogP contribution in [0.25, 0.3) is 0 Å². The predicted octanol–water partition coefficient (Wildman–Crippen LogP) is 0.0896. The Bertz CT molecular complexity index is 285. The molecule has 0 bridgehead atoms. The van der Waals surface area contributed by atoms with E-state index in [-0.39, 0.29) is 17.9 Å². The lowest BCUT2D eigenvalue weighted by Crippen LogP contribution is -2.48. The Balaban J connectivity index is 2.61. The van der Waals surface area contributed by atoms with E-state index in [2.05, 4.69) is 0 Å². The number of hydrogen-bond acceptors (Lipinski definition) is 4. The van der Waals surface area contributed by atoms with Crippen molar-refractivity contribution in [3.8, 4) is 0 Å². The molecule has 0 spiro atoms. The van der Waals surface area contributed by atoms with Gasteiger partial charge in [-0.2, -0.15) is 0 Å². The van der Waals surface area contributed by atoms with Gasteiger partial charge in [0, 0.05) is 13.1 Å². The number of carbonyl (C=O) groups is 2. The number of carbonyl (C=O) groups excluding carboxylic acids is 2. The van der Waals surface area contributed by atoms with Crippen molar-refractivity contribution in [1.82, 2.24) is 4.90 Å². The van der Waals surface area contributed by atoms with E-state index in [1.807, 2.05) is 0 Å². The number of nitrogens with zero attached hydrogens (tertiary/aromatic N) is 1. The number of amides is 2. The van der Waals surface area contributed by atoms with Crippen molar-refractivity contribution in [2.24, 2.45) is 11.7 Å². The van der Waals surface area contributed by atoms with Crippen LogP contribution in [0.3, 0.4) is 0 Å². The number of aliphatic hydroxyl groups is 1. The highest BCUT2D eigenvalue weighted by molar-refractivity contribution is 5.83. The van der Waals surface area contributed by atoms with E-state index in [1.54, 1.807) is 18.7 Å². The molecule has 98 valence electrons. The van der Waals surface area contributed by atoms with Crippen molar-refractivity contribution in [1.29, 1.82) is 0 Å². The number of nitrogens with two attached hydrogens (primary N) is 1. The first-order valence-corrected chi connectivity index (χ1v) is 5.84. The maximum Gasteiger partial charge on any atom is 0.405 e. The summed E-state index contributed by atoms with van der Waals surface area (Å²) in [4.78, 5) is 24.4. The average molecular weight is 244 g/mol. The summed E-state index contributed by atoms with van der Waals surface area (Å²) in [6.45, 7) is 4.57. The van der Waals surface area contributed by atoms with Crippen LogP contribution in [-0.2, 0) is 9.53 Å². The zero-order chi connectivity index (χ0) is 13.0. The van der Waals surface area contributed by atoms with Gasteiger partial charge in [-0.15, -0.1) is 0 Å². The lowest BCUT2D eigenvalue weighted by molar-refractivity contribution is -0.144. The number of hydrogen-bond donors (Lipinski definition) is 2. The second-order valence-corrected chi connectivity index (χ2v) is 4.66. The molecule has 1 rings (SSSR count). The summed E-state index contributed by atoms with van der Waals surface area (Å²) in [5.74, 6) is -0.354. The molecule has 0 aromatic rings. The SMILES string of the molecule is CC(C)[C@H](OC(N)=O)C(=O)N1CCC(O)CC1. The Morgan fingerprint density at radius 3 is 2.29 bits per heavy atom. The largest absolute Gasteiger partial charge is 0.436 e. The highest BCUT2D eigenvalue weighted by Crippen LogP contribution is 2.16. The summed E-state index contributed by atoms with van der Waals surface area (Å²) < 4.78 is 4.84. The van der Waals surface area contributed by atoms with Crippen LogP contribution < -0.4 is 5.73 Å². The van der Waals surface area contributed by atoms with Gasteiger partial charge in [0.25, 0.3) is 5.91 Å². The van der Waals surface area contributed by atoms with Crippen molar-refractivity contribution in [2.45, 2.75) is 38.9 Å². The Morgan fingerprint density at radius 2 is 1.88 bits per heavy atom. The third-order valence-electron chi connectivity index (χ3n) is 2.87. The minimum absolute atomic E-state index is 0.123. The van der Waals surface area contributed by atoms with Crippen LogP contribution in [0.1, 0.15) is 26.7 Å². The van der Waals surface area contributed by atoms with Gasteiger partial charge >= 0.3 is 6.09 Å². The molecule has 3 N–H and O–H groups in total. The van der Waals surface area contributed by atoms with Gasteiger partial charge in [-0.1, -0.05) is 13.8 Å². The first kappa shape index (κ1) is 13.8. The molecule has 17 heavy (non-hydrogen) atoms. The standard InChI is InChI=1S/C11H20N2O4/c1-7(2)9(17-11(12)16)10(15)13-5-3-8(14)4-6-13/h7-9,14H,3-6H2,1-2H3,(H2,12,16)/t9-/m0/s1. The minimum atomic E-state index is -0.936. The maximum atomic E-state index is 12.1. The second-order valence-electron chi connectivity index (χ2n) is 4.66. The highest BCUT2D eigenvalue weighted by atomic mass is 16.6. The van der Waals surface area contributed by atoms with Crippen molar-refractivity contribution < 1.29 is 19.4 Å². The Hall–Kier alpha value is -1.30. The quantitative estimate of drug-likeness (QED) is 0.735. The van der Waals surface area contributed by atoms with Crippen molar-refractivity contribution in [3.05, 3.63) is 0 Å². The van der Waals surface area contributed by atoms with Crippen LogP contribution in [-0.4, -0.2) is 47.3 Å². The molecule has 1 heterocycles. The fourth-order valence-electron chi connectivity index (χ4n) is 1.86. The first-order chi connectivity index (χ1) is 7.91. The molecule has 1 fully saturated rings. The van der Waals surface area contributed by atoms with Gasteiger partial charge < -0.3 is 20.5 Å². The van der Waals surface area contributed by atoms with E-state index < -0.39 is 12.2 Å². The van der Waals surface area contributed by atoms with E-state index >= 15 is 0 Å². The molecule has 1 saturated heterocycles. The fraction of sp³-hybridized carbons (Fsp3) is 0.818. The smallest absolute Gasteiger partial charge is 0.405 e. The summed E-state index contributed by atoms with van der Waals surface area (Å²) in [5.41, 5.74) is 4.95. The van der Waals surface area contributed by atoms with Gasteiger partial charge in [-0.3, -0.25) is 4.79 Å². The first-order valence-electron chi connectivity index (χ1n) is 5.84. The van der Waals surface area contributed by atoms with E-state index in [9.17, 15) is 14.7 Å². The fourth-order valence-corrected chi connectivity index (χ4v) is 1.86. The second kappa shape index (κ2) is 5.86. The van der Waals surface area contributed by atoms with Crippen LogP contribution in [0.4, 0.5) is 4.79 Å². The van der Waals surface area contributed by atoms with Crippen LogP contribution in [0.5, 0.6) is 0 Å². The van der Waals surface area contributed by atoms with Gasteiger partial charge in [0.15, 0.2) is 6.10 Å². The molecule has 1 atom stereocenters. The number of primary amides is 1. The summed E-state index contributed by atoms with van der Waals surface area (Å²) in [6, 6.07) is 0. The molecule has 2 amide bonds. The lowest BCUT2D eigenvalue weighted by Gasteiger charge is -2.33. The molecule has 0 aliphatic carbocycles. The highest BCUT2D eigenvalue weighted by Gasteiger charge is 2.31. The molecule has 6 nitrogen and oxygen atoms in total. The molecule has 0 aromatic heterocycles. The molecule has 1 aliphatic heterocycles. The summed E-state index contributed by atoms with van der Waals surface area (Å²) in [7, 11) is 0. The number of rotatable bonds is 3. The van der Waals surface area contributed by atoms with Crippen LogP contribution in [0.2, 0.25) is 0 Å².